The van der Waals surface area contributed by atoms with Crippen molar-refractivity contribution in [2.45, 2.75) is 0 Å². The Balaban J connectivity index is 1.40. The molecule has 0 atom stereocenters. The summed E-state index contributed by atoms with van der Waals surface area (Å²) in [4.78, 5) is 31.2. The van der Waals surface area contributed by atoms with Gasteiger partial charge in [0.05, 0.1) is 17.2 Å². The molecule has 1 aliphatic heterocycles. The van der Waals surface area contributed by atoms with Crippen LogP contribution in [0.15, 0.2) is 53.9 Å². The maximum Gasteiger partial charge on any atom is 0.257 e. The summed E-state index contributed by atoms with van der Waals surface area (Å²) >= 11 is 7.50. The summed E-state index contributed by atoms with van der Waals surface area (Å²) in [7, 11) is -2.56. The molecule has 2 amide bonds. The van der Waals surface area contributed by atoms with E-state index in [1.54, 1.807) is 35.2 Å². The highest BCUT2D eigenvalue weighted by molar-refractivity contribution is 8.24. The van der Waals surface area contributed by atoms with E-state index < -0.39 is 10.6 Å². The van der Waals surface area contributed by atoms with Crippen molar-refractivity contribution in [3.63, 3.8) is 0 Å². The Morgan fingerprint density at radius 2 is 1.68 bits per heavy atom. The van der Waals surface area contributed by atoms with Crippen LogP contribution in [0.25, 0.3) is 11.3 Å². The van der Waals surface area contributed by atoms with Crippen LogP contribution in [0.3, 0.4) is 0 Å². The summed E-state index contributed by atoms with van der Waals surface area (Å²) in [5.74, 6) is -0.121. The Labute approximate surface area is 190 Å². The number of carbonyl (C=O) groups is 2. The predicted molar refractivity (Wildman–Crippen MR) is 125 cm³/mol. The number of rotatable bonds is 4. The fourth-order valence-corrected chi connectivity index (χ4v) is 5.34. The second-order valence-corrected chi connectivity index (χ2v) is 10.7. The molecular formula is C21H20ClN3O4S2. The predicted octanol–water partition coefficient (Wildman–Crippen LogP) is 4.92. The summed E-state index contributed by atoms with van der Waals surface area (Å²) in [5.41, 5.74) is 2.33. The lowest BCUT2D eigenvalue weighted by molar-refractivity contribution is 0.0767. The molecule has 0 aliphatic carbocycles. The molecule has 10 heteroatoms. The van der Waals surface area contributed by atoms with Crippen molar-refractivity contribution >= 4 is 50.5 Å². The molecule has 1 aliphatic rings. The Morgan fingerprint density at radius 3 is 2.35 bits per heavy atom. The topological polar surface area (TPSA) is 103 Å². The largest absolute Gasteiger partial charge is 0.336 e. The van der Waals surface area contributed by atoms with Crippen molar-refractivity contribution in [2.75, 3.05) is 29.9 Å². The van der Waals surface area contributed by atoms with Crippen molar-refractivity contribution in [2.24, 2.45) is 0 Å². The average molecular weight is 478 g/mol. The van der Waals surface area contributed by atoms with Gasteiger partial charge in [-0.05, 0) is 30.3 Å². The van der Waals surface area contributed by atoms with E-state index in [9.17, 15) is 18.7 Å². The number of carbonyl (C=O) groups excluding carboxylic acids is 2. The molecule has 4 rings (SSSR count). The number of thiazole rings is 1. The van der Waals surface area contributed by atoms with Crippen molar-refractivity contribution in [1.29, 1.82) is 0 Å². The van der Waals surface area contributed by atoms with Crippen LogP contribution in [0, 0.1) is 0 Å². The Morgan fingerprint density at radius 1 is 1.03 bits per heavy atom. The fourth-order valence-electron chi connectivity index (χ4n) is 3.17. The number of anilines is 1. The molecule has 1 aromatic heterocycles. The third-order valence-electron chi connectivity index (χ3n) is 4.93. The van der Waals surface area contributed by atoms with Crippen molar-refractivity contribution in [3.8, 4) is 11.3 Å². The molecule has 2 heterocycles. The molecule has 0 radical (unpaired) electrons. The highest BCUT2D eigenvalue weighted by atomic mass is 35.5. The minimum atomic E-state index is -2.56. The van der Waals surface area contributed by atoms with Crippen LogP contribution in [-0.4, -0.2) is 55.4 Å². The maximum atomic E-state index is 12.6. The molecule has 0 unspecified atom stereocenters. The van der Waals surface area contributed by atoms with Gasteiger partial charge in [-0.1, -0.05) is 29.8 Å². The monoisotopic (exact) mass is 477 g/mol. The highest BCUT2D eigenvalue weighted by Crippen LogP contribution is 2.40. The zero-order valence-corrected chi connectivity index (χ0v) is 18.7. The van der Waals surface area contributed by atoms with Crippen LogP contribution >= 0.6 is 33.5 Å². The van der Waals surface area contributed by atoms with E-state index in [4.69, 9.17) is 11.6 Å². The molecular weight excluding hydrogens is 458 g/mol. The highest BCUT2D eigenvalue weighted by Gasteiger charge is 2.26. The number of aromatic nitrogens is 1. The van der Waals surface area contributed by atoms with E-state index in [-0.39, 0.29) is 23.3 Å². The van der Waals surface area contributed by atoms with Gasteiger partial charge >= 0.3 is 0 Å². The Bertz CT molecular complexity index is 1110. The molecule has 0 bridgehead atoms. The van der Waals surface area contributed by atoms with E-state index in [1.165, 1.54) is 11.3 Å². The molecule has 162 valence electrons. The molecule has 1 fully saturated rings. The standard InChI is InChI=1S/C21H20ClN3O4S2/c22-17-4-2-1-3-16(17)18-13-30-21(23-18)24-19(26)14-5-7-15(8-6-14)20(27)25-9-11-31(28,29)12-10-25/h1-8,13,28-29H,9-12H2,(H,23,24,26). The number of nitrogens with one attached hydrogen (secondary N) is 1. The molecule has 7 nitrogen and oxygen atoms in total. The first kappa shape index (κ1) is 21.8. The third-order valence-corrected chi connectivity index (χ3v) is 7.69. The lowest BCUT2D eigenvalue weighted by Crippen LogP contribution is -2.42. The van der Waals surface area contributed by atoms with Crippen LogP contribution in [-0.2, 0) is 0 Å². The Kier molecular flexibility index (Phi) is 6.31. The smallest absolute Gasteiger partial charge is 0.257 e. The lowest BCUT2D eigenvalue weighted by Gasteiger charge is -2.40. The maximum absolute atomic E-state index is 12.6. The van der Waals surface area contributed by atoms with Gasteiger partial charge in [0.2, 0.25) is 0 Å². The van der Waals surface area contributed by atoms with Crippen LogP contribution < -0.4 is 5.32 Å². The van der Waals surface area contributed by atoms with Gasteiger partial charge in [0.15, 0.2) is 5.13 Å². The van der Waals surface area contributed by atoms with Crippen LogP contribution in [0.1, 0.15) is 20.7 Å². The van der Waals surface area contributed by atoms with Gasteiger partial charge in [0.1, 0.15) is 0 Å². The van der Waals surface area contributed by atoms with Crippen molar-refractivity contribution in [3.05, 3.63) is 70.1 Å². The molecule has 2 aromatic carbocycles. The lowest BCUT2D eigenvalue weighted by atomic mass is 10.1. The van der Waals surface area contributed by atoms with E-state index in [1.807, 2.05) is 23.6 Å². The molecule has 3 aromatic rings. The molecule has 0 spiro atoms. The number of hydrogen-bond acceptors (Lipinski definition) is 6. The number of hydrogen-bond donors (Lipinski definition) is 3. The molecule has 3 N–H and O–H groups in total. The first-order valence-electron chi connectivity index (χ1n) is 9.47. The number of nitrogens with zero attached hydrogens (tertiary/aromatic N) is 2. The van der Waals surface area contributed by atoms with E-state index in [0.717, 1.165) is 5.56 Å². The average Bonchev–Trinajstić information content (AvgIpc) is 3.22. The summed E-state index contributed by atoms with van der Waals surface area (Å²) in [5, 5.41) is 5.63. The van der Waals surface area contributed by atoms with Gasteiger partial charge in [-0.3, -0.25) is 24.0 Å². The summed E-state index contributed by atoms with van der Waals surface area (Å²) < 4.78 is 19.4. The molecule has 1 saturated heterocycles. The van der Waals surface area contributed by atoms with Crippen LogP contribution in [0.2, 0.25) is 5.02 Å². The minimum Gasteiger partial charge on any atom is -0.336 e. The number of benzene rings is 2. The summed E-state index contributed by atoms with van der Waals surface area (Å²) in [6.07, 6.45) is 0. The molecule has 31 heavy (non-hydrogen) atoms. The van der Waals surface area contributed by atoms with E-state index in [0.29, 0.717) is 40.1 Å². The van der Waals surface area contributed by atoms with Crippen molar-refractivity contribution in [1.82, 2.24) is 9.88 Å². The van der Waals surface area contributed by atoms with Gasteiger partial charge in [0, 0.05) is 40.2 Å². The quantitative estimate of drug-likeness (QED) is 0.494. The number of amides is 2. The summed E-state index contributed by atoms with van der Waals surface area (Å²) in [6.45, 7) is 0.614. The van der Waals surface area contributed by atoms with Gasteiger partial charge in [-0.25, -0.2) is 4.98 Å². The van der Waals surface area contributed by atoms with Gasteiger partial charge in [0.25, 0.3) is 11.8 Å². The zero-order valence-electron chi connectivity index (χ0n) is 16.3. The van der Waals surface area contributed by atoms with Crippen LogP contribution in [0.4, 0.5) is 5.13 Å². The van der Waals surface area contributed by atoms with Crippen molar-refractivity contribution < 1.29 is 18.7 Å². The minimum absolute atomic E-state index is 0.189. The SMILES string of the molecule is O=C(Nc1nc(-c2ccccc2Cl)cs1)c1ccc(C(=O)N2CCS(O)(O)CC2)cc1. The molecule has 0 saturated carbocycles. The van der Waals surface area contributed by atoms with E-state index >= 15 is 0 Å². The second-order valence-electron chi connectivity index (χ2n) is 7.05. The van der Waals surface area contributed by atoms with Gasteiger partial charge < -0.3 is 4.90 Å². The first-order valence-corrected chi connectivity index (χ1v) is 12.6. The van der Waals surface area contributed by atoms with E-state index in [2.05, 4.69) is 10.3 Å². The Hall–Kier alpha value is -2.43. The van der Waals surface area contributed by atoms with Gasteiger partial charge in [-0.2, -0.15) is 10.6 Å². The normalized spacial score (nSPS) is 16.5. The zero-order chi connectivity index (χ0) is 22.0. The first-order chi connectivity index (χ1) is 14.8. The fraction of sp³-hybridized carbons (Fsp3) is 0.190. The number of halogens is 1. The second kappa shape index (κ2) is 8.97. The van der Waals surface area contributed by atoms with Gasteiger partial charge in [-0.15, -0.1) is 11.3 Å². The summed E-state index contributed by atoms with van der Waals surface area (Å²) in [6, 6.07) is 13.7. The van der Waals surface area contributed by atoms with Crippen LogP contribution in [0.5, 0.6) is 0 Å². The third kappa shape index (κ3) is 5.08.